The minimum Gasteiger partial charge on any atom is -0.445 e. The quantitative estimate of drug-likeness (QED) is 0.756. The average Bonchev–Trinajstić information content (AvgIpc) is 2.60. The van der Waals surface area contributed by atoms with Crippen molar-refractivity contribution in [3.63, 3.8) is 0 Å². The summed E-state index contributed by atoms with van der Waals surface area (Å²) in [5.74, 6) is -1.59. The van der Waals surface area contributed by atoms with Crippen molar-refractivity contribution in [2.24, 2.45) is 0 Å². The molecule has 24 heavy (non-hydrogen) atoms. The van der Waals surface area contributed by atoms with Crippen molar-refractivity contribution in [1.82, 2.24) is 5.32 Å². The SMILES string of the molecule is O=C(NCC(O)C(O)c1cc(F)ccc1F)OCc1ccccc1. The maximum absolute atomic E-state index is 13.5. The first-order valence-electron chi connectivity index (χ1n) is 7.23. The molecule has 5 nitrogen and oxygen atoms in total. The van der Waals surface area contributed by atoms with Crippen LogP contribution >= 0.6 is 0 Å². The molecule has 0 aliphatic heterocycles. The zero-order valence-electron chi connectivity index (χ0n) is 12.7. The minimum atomic E-state index is -1.69. The van der Waals surface area contributed by atoms with Crippen molar-refractivity contribution in [2.75, 3.05) is 6.54 Å². The monoisotopic (exact) mass is 337 g/mol. The molecule has 0 bridgehead atoms. The molecule has 0 aromatic heterocycles. The van der Waals surface area contributed by atoms with E-state index in [2.05, 4.69) is 5.32 Å². The van der Waals surface area contributed by atoms with E-state index >= 15 is 0 Å². The summed E-state index contributed by atoms with van der Waals surface area (Å²) in [5, 5.41) is 21.9. The Labute approximate surface area is 137 Å². The molecule has 0 spiro atoms. The van der Waals surface area contributed by atoms with E-state index in [1.807, 2.05) is 6.07 Å². The standard InChI is InChI=1S/C17H17F2NO4/c18-12-6-7-14(19)13(8-12)16(22)15(21)9-20-17(23)24-10-11-4-2-1-3-5-11/h1-8,15-16,21-22H,9-10H2,(H,20,23). The smallest absolute Gasteiger partial charge is 0.407 e. The van der Waals surface area contributed by atoms with Gasteiger partial charge in [-0.3, -0.25) is 0 Å². The van der Waals surface area contributed by atoms with E-state index in [-0.39, 0.29) is 18.7 Å². The van der Waals surface area contributed by atoms with Crippen LogP contribution in [0.5, 0.6) is 0 Å². The van der Waals surface area contributed by atoms with E-state index in [4.69, 9.17) is 4.74 Å². The molecule has 0 aliphatic carbocycles. The Bertz CT molecular complexity index is 682. The molecule has 2 rings (SSSR count). The van der Waals surface area contributed by atoms with Crippen LogP contribution in [-0.2, 0) is 11.3 Å². The third-order valence-electron chi connectivity index (χ3n) is 3.31. The normalized spacial score (nSPS) is 13.2. The molecule has 2 unspecified atom stereocenters. The van der Waals surface area contributed by atoms with Gasteiger partial charge in [0.2, 0.25) is 0 Å². The summed E-state index contributed by atoms with van der Waals surface area (Å²) in [6.07, 6.45) is -4.01. The number of hydrogen-bond donors (Lipinski definition) is 3. The van der Waals surface area contributed by atoms with Crippen molar-refractivity contribution >= 4 is 6.09 Å². The number of carbonyl (C=O) groups is 1. The average molecular weight is 337 g/mol. The highest BCUT2D eigenvalue weighted by Crippen LogP contribution is 2.21. The molecule has 2 aromatic rings. The van der Waals surface area contributed by atoms with Crippen molar-refractivity contribution in [2.45, 2.75) is 18.8 Å². The number of halogens is 2. The number of nitrogens with one attached hydrogen (secondary N) is 1. The molecule has 7 heteroatoms. The third-order valence-corrected chi connectivity index (χ3v) is 3.31. The lowest BCUT2D eigenvalue weighted by Crippen LogP contribution is -2.36. The Morgan fingerprint density at radius 2 is 1.83 bits per heavy atom. The number of aliphatic hydroxyl groups is 2. The molecule has 0 saturated carbocycles. The lowest BCUT2D eigenvalue weighted by Gasteiger charge is -2.19. The van der Waals surface area contributed by atoms with Gasteiger partial charge in [-0.15, -0.1) is 0 Å². The molecule has 0 saturated heterocycles. The van der Waals surface area contributed by atoms with Crippen LogP contribution in [0.1, 0.15) is 17.2 Å². The number of carbonyl (C=O) groups excluding carboxylic acids is 1. The van der Waals surface area contributed by atoms with Gasteiger partial charge in [-0.1, -0.05) is 30.3 Å². The second kappa shape index (κ2) is 8.37. The lowest BCUT2D eigenvalue weighted by molar-refractivity contribution is 0.0162. The minimum absolute atomic E-state index is 0.0455. The highest BCUT2D eigenvalue weighted by atomic mass is 19.1. The number of aliphatic hydroxyl groups excluding tert-OH is 2. The Kier molecular flexibility index (Phi) is 6.22. The molecular formula is C17H17F2NO4. The fraction of sp³-hybridized carbons (Fsp3) is 0.235. The van der Waals surface area contributed by atoms with Gasteiger partial charge in [0.25, 0.3) is 0 Å². The Morgan fingerprint density at radius 3 is 2.54 bits per heavy atom. The van der Waals surface area contributed by atoms with Crippen LogP contribution in [0.15, 0.2) is 48.5 Å². The van der Waals surface area contributed by atoms with Crippen LogP contribution in [0.4, 0.5) is 13.6 Å². The van der Waals surface area contributed by atoms with Gasteiger partial charge >= 0.3 is 6.09 Å². The summed E-state index contributed by atoms with van der Waals surface area (Å²) in [7, 11) is 0. The maximum Gasteiger partial charge on any atom is 0.407 e. The summed E-state index contributed by atoms with van der Waals surface area (Å²) in [4.78, 5) is 11.5. The second-order valence-corrected chi connectivity index (χ2v) is 5.12. The second-order valence-electron chi connectivity index (χ2n) is 5.12. The van der Waals surface area contributed by atoms with Gasteiger partial charge in [0.1, 0.15) is 30.4 Å². The summed E-state index contributed by atoms with van der Waals surface area (Å²) in [6.45, 7) is -0.339. The maximum atomic E-state index is 13.5. The molecular weight excluding hydrogens is 320 g/mol. The topological polar surface area (TPSA) is 78.8 Å². The van der Waals surface area contributed by atoms with Crippen LogP contribution in [0.3, 0.4) is 0 Å². The van der Waals surface area contributed by atoms with Gasteiger partial charge in [0.05, 0.1) is 0 Å². The van der Waals surface area contributed by atoms with Crippen LogP contribution in [-0.4, -0.2) is 29.0 Å². The molecule has 2 aromatic carbocycles. The molecule has 1 amide bonds. The van der Waals surface area contributed by atoms with Gasteiger partial charge in [-0.05, 0) is 23.8 Å². The molecule has 2 atom stereocenters. The predicted molar refractivity (Wildman–Crippen MR) is 82.0 cm³/mol. The van der Waals surface area contributed by atoms with Crippen molar-refractivity contribution < 1.29 is 28.5 Å². The van der Waals surface area contributed by atoms with E-state index in [0.717, 1.165) is 23.8 Å². The highest BCUT2D eigenvalue weighted by molar-refractivity contribution is 5.67. The molecule has 0 fully saturated rings. The van der Waals surface area contributed by atoms with E-state index < -0.39 is 29.9 Å². The van der Waals surface area contributed by atoms with E-state index in [1.165, 1.54) is 0 Å². The molecule has 0 radical (unpaired) electrons. The first kappa shape index (κ1) is 17.8. The van der Waals surface area contributed by atoms with Gasteiger partial charge in [0.15, 0.2) is 0 Å². The van der Waals surface area contributed by atoms with Crippen molar-refractivity contribution in [3.8, 4) is 0 Å². The largest absolute Gasteiger partial charge is 0.445 e. The van der Waals surface area contributed by atoms with Crippen molar-refractivity contribution in [3.05, 3.63) is 71.3 Å². The number of hydrogen-bond acceptors (Lipinski definition) is 4. The van der Waals surface area contributed by atoms with Gasteiger partial charge < -0.3 is 20.3 Å². The molecule has 3 N–H and O–H groups in total. The fourth-order valence-electron chi connectivity index (χ4n) is 2.02. The fourth-order valence-corrected chi connectivity index (χ4v) is 2.02. The Morgan fingerprint density at radius 1 is 1.12 bits per heavy atom. The van der Waals surface area contributed by atoms with Gasteiger partial charge in [-0.25, -0.2) is 13.6 Å². The third kappa shape index (κ3) is 5.00. The number of ether oxygens (including phenoxy) is 1. The zero-order chi connectivity index (χ0) is 17.5. The van der Waals surface area contributed by atoms with E-state index in [0.29, 0.717) is 0 Å². The van der Waals surface area contributed by atoms with E-state index in [1.54, 1.807) is 24.3 Å². The molecule has 0 heterocycles. The Hall–Kier alpha value is -2.51. The Balaban J connectivity index is 1.82. The number of benzene rings is 2. The van der Waals surface area contributed by atoms with Crippen LogP contribution < -0.4 is 5.32 Å². The number of rotatable bonds is 6. The summed E-state index contributed by atoms with van der Waals surface area (Å²) in [5.41, 5.74) is 0.400. The van der Waals surface area contributed by atoms with Crippen LogP contribution in [0.25, 0.3) is 0 Å². The van der Waals surface area contributed by atoms with Gasteiger partial charge in [0, 0.05) is 12.1 Å². The van der Waals surface area contributed by atoms with Crippen LogP contribution in [0.2, 0.25) is 0 Å². The summed E-state index contributed by atoms with van der Waals surface area (Å²) >= 11 is 0. The molecule has 0 aliphatic rings. The predicted octanol–water partition coefficient (Wildman–Crippen LogP) is 2.29. The molecule has 128 valence electrons. The zero-order valence-corrected chi connectivity index (χ0v) is 12.7. The summed E-state index contributed by atoms with van der Waals surface area (Å²) in [6, 6.07) is 11.5. The summed E-state index contributed by atoms with van der Waals surface area (Å²) < 4.78 is 31.6. The van der Waals surface area contributed by atoms with E-state index in [9.17, 15) is 23.8 Å². The highest BCUT2D eigenvalue weighted by Gasteiger charge is 2.22. The van der Waals surface area contributed by atoms with Gasteiger partial charge in [-0.2, -0.15) is 0 Å². The van der Waals surface area contributed by atoms with Crippen molar-refractivity contribution in [1.29, 1.82) is 0 Å². The number of alkyl carbamates (subject to hydrolysis) is 1. The number of amides is 1. The lowest BCUT2D eigenvalue weighted by atomic mass is 10.0. The first-order chi connectivity index (χ1) is 11.5. The first-order valence-corrected chi connectivity index (χ1v) is 7.23. The van der Waals surface area contributed by atoms with Crippen LogP contribution in [0, 0.1) is 11.6 Å².